The lowest BCUT2D eigenvalue weighted by molar-refractivity contribution is -0.113. The molecule has 3 nitrogen and oxygen atoms in total. The molecule has 6 heteroatoms. The third kappa shape index (κ3) is 3.11. The predicted octanol–water partition coefficient (Wildman–Crippen LogP) is 4.56. The van der Waals surface area contributed by atoms with Crippen molar-refractivity contribution in [3.63, 3.8) is 0 Å². The van der Waals surface area contributed by atoms with Crippen LogP contribution in [-0.4, -0.2) is 11.0 Å². The summed E-state index contributed by atoms with van der Waals surface area (Å²) in [6, 6.07) is 12.8. The number of hydrogen-bond donors (Lipinski definition) is 1. The number of carbonyl (C=O) groups excluding carboxylic acids is 1. The molecule has 0 bridgehead atoms. The van der Waals surface area contributed by atoms with Crippen molar-refractivity contribution >= 4 is 58.2 Å². The van der Waals surface area contributed by atoms with E-state index in [0.717, 1.165) is 11.3 Å². The molecule has 0 unspecified atom stereocenters. The van der Waals surface area contributed by atoms with Crippen molar-refractivity contribution in [1.29, 1.82) is 0 Å². The average Bonchev–Trinajstić information content (AvgIpc) is 2.79. The number of carbonyl (C=O) groups is 1. The van der Waals surface area contributed by atoms with Crippen LogP contribution >= 0.6 is 35.4 Å². The Balaban J connectivity index is 1.96. The Labute approximate surface area is 149 Å². The lowest BCUT2D eigenvalue weighted by atomic mass is 10.2. The highest BCUT2D eigenvalue weighted by Crippen LogP contribution is 2.29. The van der Waals surface area contributed by atoms with Gasteiger partial charge >= 0.3 is 0 Å². The van der Waals surface area contributed by atoms with E-state index in [1.165, 1.54) is 4.90 Å². The van der Waals surface area contributed by atoms with Crippen LogP contribution < -0.4 is 10.2 Å². The second-order valence-electron chi connectivity index (χ2n) is 5.11. The first-order valence-corrected chi connectivity index (χ1v) is 8.01. The minimum atomic E-state index is -0.227. The zero-order valence-corrected chi connectivity index (χ0v) is 14.5. The molecule has 0 aliphatic carbocycles. The van der Waals surface area contributed by atoms with Crippen molar-refractivity contribution in [3.05, 3.63) is 69.3 Å². The SMILES string of the molecule is Cc1ccc(N2C(=O)/C(=C/c3cccc(Cl)c3Cl)NC2=S)cc1. The Hall–Kier alpha value is -1.88. The Bertz CT molecular complexity index is 831. The molecular formula is C17H12Cl2N2OS. The first-order chi connectivity index (χ1) is 11.0. The van der Waals surface area contributed by atoms with Crippen LogP contribution in [-0.2, 0) is 4.79 Å². The largest absolute Gasteiger partial charge is 0.327 e. The molecule has 1 N–H and O–H groups in total. The number of benzene rings is 2. The number of aryl methyl sites for hydroxylation is 1. The second kappa shape index (κ2) is 6.32. The molecule has 0 radical (unpaired) electrons. The molecule has 2 aromatic carbocycles. The quantitative estimate of drug-likeness (QED) is 0.627. The van der Waals surface area contributed by atoms with Gasteiger partial charge < -0.3 is 5.32 Å². The Morgan fingerprint density at radius 2 is 1.83 bits per heavy atom. The number of rotatable bonds is 2. The van der Waals surface area contributed by atoms with Crippen LogP contribution in [0.15, 0.2) is 48.2 Å². The summed E-state index contributed by atoms with van der Waals surface area (Å²) in [5, 5.41) is 4.10. The summed E-state index contributed by atoms with van der Waals surface area (Å²) in [5.41, 5.74) is 2.85. The molecular weight excluding hydrogens is 351 g/mol. The number of anilines is 1. The molecule has 1 saturated heterocycles. The molecule has 0 saturated carbocycles. The second-order valence-corrected chi connectivity index (χ2v) is 6.28. The first kappa shape index (κ1) is 16.0. The first-order valence-electron chi connectivity index (χ1n) is 6.85. The highest BCUT2D eigenvalue weighted by molar-refractivity contribution is 7.80. The third-order valence-corrected chi connectivity index (χ3v) is 4.57. The highest BCUT2D eigenvalue weighted by atomic mass is 35.5. The van der Waals surface area contributed by atoms with E-state index in [1.54, 1.807) is 24.3 Å². The monoisotopic (exact) mass is 362 g/mol. The van der Waals surface area contributed by atoms with E-state index in [0.29, 0.717) is 26.4 Å². The summed E-state index contributed by atoms with van der Waals surface area (Å²) >= 11 is 17.4. The van der Waals surface area contributed by atoms with E-state index in [2.05, 4.69) is 5.32 Å². The summed E-state index contributed by atoms with van der Waals surface area (Å²) in [6.45, 7) is 1.98. The molecule has 0 atom stereocenters. The van der Waals surface area contributed by atoms with Gasteiger partial charge in [-0.25, -0.2) is 0 Å². The molecule has 3 rings (SSSR count). The van der Waals surface area contributed by atoms with Crippen LogP contribution in [0.2, 0.25) is 10.0 Å². The van der Waals surface area contributed by atoms with E-state index in [4.69, 9.17) is 35.4 Å². The number of nitrogens with zero attached hydrogens (tertiary/aromatic N) is 1. The van der Waals surface area contributed by atoms with Crippen molar-refractivity contribution in [2.24, 2.45) is 0 Å². The van der Waals surface area contributed by atoms with Crippen LogP contribution in [0.3, 0.4) is 0 Å². The van der Waals surface area contributed by atoms with Gasteiger partial charge in [0.15, 0.2) is 5.11 Å². The molecule has 1 heterocycles. The van der Waals surface area contributed by atoms with E-state index in [9.17, 15) is 4.79 Å². The fourth-order valence-corrected chi connectivity index (χ4v) is 2.91. The lowest BCUT2D eigenvalue weighted by Gasteiger charge is -2.14. The van der Waals surface area contributed by atoms with Crippen LogP contribution in [0.1, 0.15) is 11.1 Å². The van der Waals surface area contributed by atoms with Gasteiger partial charge in [-0.05, 0) is 49.0 Å². The van der Waals surface area contributed by atoms with Crippen molar-refractivity contribution < 1.29 is 4.79 Å². The van der Waals surface area contributed by atoms with Gasteiger partial charge in [0.25, 0.3) is 5.91 Å². The van der Waals surface area contributed by atoms with Crippen molar-refractivity contribution in [2.45, 2.75) is 6.92 Å². The summed E-state index contributed by atoms with van der Waals surface area (Å²) in [4.78, 5) is 14.1. The molecule has 116 valence electrons. The molecule has 0 aromatic heterocycles. The van der Waals surface area contributed by atoms with E-state index >= 15 is 0 Å². The maximum Gasteiger partial charge on any atom is 0.281 e. The predicted molar refractivity (Wildman–Crippen MR) is 98.8 cm³/mol. The van der Waals surface area contributed by atoms with E-state index in [-0.39, 0.29) is 5.91 Å². The zero-order chi connectivity index (χ0) is 16.6. The molecule has 1 fully saturated rings. The fraction of sp³-hybridized carbons (Fsp3) is 0.0588. The van der Waals surface area contributed by atoms with Gasteiger partial charge in [0.2, 0.25) is 0 Å². The third-order valence-electron chi connectivity index (χ3n) is 3.45. The zero-order valence-electron chi connectivity index (χ0n) is 12.1. The topological polar surface area (TPSA) is 32.3 Å². The highest BCUT2D eigenvalue weighted by Gasteiger charge is 2.32. The fourth-order valence-electron chi connectivity index (χ4n) is 2.25. The molecule has 0 spiro atoms. The molecule has 1 amide bonds. The summed E-state index contributed by atoms with van der Waals surface area (Å²) < 4.78 is 0. The Morgan fingerprint density at radius 3 is 2.52 bits per heavy atom. The summed E-state index contributed by atoms with van der Waals surface area (Å²) in [7, 11) is 0. The van der Waals surface area contributed by atoms with Gasteiger partial charge in [0.1, 0.15) is 5.70 Å². The van der Waals surface area contributed by atoms with Crippen LogP contribution in [0.25, 0.3) is 6.08 Å². The molecule has 1 aliphatic heterocycles. The maximum absolute atomic E-state index is 12.6. The number of halogens is 2. The van der Waals surface area contributed by atoms with Gasteiger partial charge in [-0.15, -0.1) is 0 Å². The normalized spacial score (nSPS) is 16.1. The molecule has 1 aliphatic rings. The number of nitrogens with one attached hydrogen (secondary N) is 1. The maximum atomic E-state index is 12.6. The Kier molecular flexibility index (Phi) is 4.39. The van der Waals surface area contributed by atoms with Crippen LogP contribution in [0.5, 0.6) is 0 Å². The summed E-state index contributed by atoms with van der Waals surface area (Å²) in [5.74, 6) is -0.227. The van der Waals surface area contributed by atoms with Crippen LogP contribution in [0.4, 0.5) is 5.69 Å². The number of amides is 1. The van der Waals surface area contributed by atoms with Crippen molar-refractivity contribution in [3.8, 4) is 0 Å². The minimum Gasteiger partial charge on any atom is -0.327 e. The molecule has 23 heavy (non-hydrogen) atoms. The number of thiocarbonyl (C=S) groups is 1. The molecule has 2 aromatic rings. The van der Waals surface area contributed by atoms with Gasteiger partial charge in [-0.3, -0.25) is 9.69 Å². The average molecular weight is 363 g/mol. The standard InChI is InChI=1S/C17H12Cl2N2OS/c1-10-5-7-12(8-6-10)21-16(22)14(20-17(21)23)9-11-3-2-4-13(18)15(11)19/h2-9H,1H3,(H,20,23)/b14-9-. The van der Waals surface area contributed by atoms with Gasteiger partial charge in [0.05, 0.1) is 15.7 Å². The Morgan fingerprint density at radius 1 is 1.13 bits per heavy atom. The van der Waals surface area contributed by atoms with E-state index < -0.39 is 0 Å². The lowest BCUT2D eigenvalue weighted by Crippen LogP contribution is -2.30. The van der Waals surface area contributed by atoms with Gasteiger partial charge in [-0.2, -0.15) is 0 Å². The minimum absolute atomic E-state index is 0.227. The van der Waals surface area contributed by atoms with E-state index in [1.807, 2.05) is 31.2 Å². The van der Waals surface area contributed by atoms with Gasteiger partial charge in [-0.1, -0.05) is 53.0 Å². The van der Waals surface area contributed by atoms with Crippen molar-refractivity contribution in [2.75, 3.05) is 4.90 Å². The van der Waals surface area contributed by atoms with Crippen LogP contribution in [0, 0.1) is 6.92 Å². The van der Waals surface area contributed by atoms with Gasteiger partial charge in [0, 0.05) is 0 Å². The summed E-state index contributed by atoms with van der Waals surface area (Å²) in [6.07, 6.45) is 1.65. The van der Waals surface area contributed by atoms with Crippen molar-refractivity contribution in [1.82, 2.24) is 5.32 Å². The smallest absolute Gasteiger partial charge is 0.281 e. The number of hydrogen-bond acceptors (Lipinski definition) is 2.